The maximum atomic E-state index is 12.6. The minimum atomic E-state index is -0.759. The number of nitrogens with zero attached hydrogens (tertiary/aromatic N) is 2. The van der Waals surface area contributed by atoms with E-state index >= 15 is 0 Å². The number of aromatic hydroxyl groups is 1. The van der Waals surface area contributed by atoms with Crippen LogP contribution >= 0.6 is 11.8 Å². The highest BCUT2D eigenvalue weighted by Crippen LogP contribution is 2.40. The van der Waals surface area contributed by atoms with Gasteiger partial charge in [-0.15, -0.1) is 0 Å². The fourth-order valence-electron chi connectivity index (χ4n) is 2.41. The minimum Gasteiger partial charge on any atom is -0.500 e. The number of methoxy groups -OCH3 is 1. The summed E-state index contributed by atoms with van der Waals surface area (Å²) in [4.78, 5) is 36.2. The Hall–Kier alpha value is -3.33. The number of para-hydroxylation sites is 1. The number of carbonyl (C=O) groups is 2. The van der Waals surface area contributed by atoms with E-state index in [9.17, 15) is 24.8 Å². The topological polar surface area (TPSA) is 110 Å². The predicted molar refractivity (Wildman–Crippen MR) is 96.2 cm³/mol. The number of benzene rings is 2. The van der Waals surface area contributed by atoms with Crippen LogP contribution in [0.5, 0.6) is 11.5 Å². The molecule has 2 amide bonds. The normalized spacial score (nSPS) is 15.6. The number of anilines is 1. The van der Waals surface area contributed by atoms with Crippen LogP contribution in [0, 0.1) is 10.1 Å². The Balaban J connectivity index is 2.01. The number of imide groups is 1. The van der Waals surface area contributed by atoms with Gasteiger partial charge in [0.2, 0.25) is 5.75 Å². The third kappa shape index (κ3) is 3.11. The van der Waals surface area contributed by atoms with Crippen molar-refractivity contribution in [2.24, 2.45) is 0 Å². The zero-order valence-electron chi connectivity index (χ0n) is 13.4. The van der Waals surface area contributed by atoms with Gasteiger partial charge in [-0.3, -0.25) is 19.7 Å². The van der Waals surface area contributed by atoms with Gasteiger partial charge in [0, 0.05) is 6.07 Å². The summed E-state index contributed by atoms with van der Waals surface area (Å²) in [6.45, 7) is 0. The molecule has 1 heterocycles. The number of amides is 2. The Morgan fingerprint density at radius 3 is 2.54 bits per heavy atom. The average molecular weight is 372 g/mol. The molecule has 0 spiro atoms. The fraction of sp³-hybridized carbons (Fsp3) is 0.0588. The number of rotatable bonds is 4. The van der Waals surface area contributed by atoms with Gasteiger partial charge in [0.1, 0.15) is 0 Å². The first-order chi connectivity index (χ1) is 12.4. The monoisotopic (exact) mass is 372 g/mol. The van der Waals surface area contributed by atoms with Crippen molar-refractivity contribution in [2.75, 3.05) is 12.0 Å². The Morgan fingerprint density at radius 2 is 1.92 bits per heavy atom. The van der Waals surface area contributed by atoms with Crippen LogP contribution in [0.4, 0.5) is 16.2 Å². The lowest BCUT2D eigenvalue weighted by molar-refractivity contribution is -0.386. The van der Waals surface area contributed by atoms with Crippen LogP contribution < -0.4 is 9.64 Å². The van der Waals surface area contributed by atoms with Gasteiger partial charge in [-0.1, -0.05) is 18.2 Å². The lowest BCUT2D eigenvalue weighted by atomic mass is 10.1. The van der Waals surface area contributed by atoms with E-state index in [-0.39, 0.29) is 16.2 Å². The molecule has 0 unspecified atom stereocenters. The van der Waals surface area contributed by atoms with Crippen molar-refractivity contribution in [1.29, 1.82) is 0 Å². The first-order valence-corrected chi connectivity index (χ1v) is 8.12. The van der Waals surface area contributed by atoms with Crippen molar-refractivity contribution < 1.29 is 24.4 Å². The van der Waals surface area contributed by atoms with Gasteiger partial charge >= 0.3 is 5.69 Å². The lowest BCUT2D eigenvalue weighted by Gasteiger charge is -2.11. The summed E-state index contributed by atoms with van der Waals surface area (Å²) >= 11 is 0.729. The smallest absolute Gasteiger partial charge is 0.315 e. The van der Waals surface area contributed by atoms with E-state index in [1.807, 2.05) is 0 Å². The molecule has 0 aromatic heterocycles. The largest absolute Gasteiger partial charge is 0.500 e. The average Bonchev–Trinajstić information content (AvgIpc) is 2.90. The summed E-state index contributed by atoms with van der Waals surface area (Å²) in [6.07, 6.45) is 1.35. The third-order valence-electron chi connectivity index (χ3n) is 3.60. The second kappa shape index (κ2) is 6.89. The van der Waals surface area contributed by atoms with Gasteiger partial charge in [-0.2, -0.15) is 0 Å². The van der Waals surface area contributed by atoms with Crippen molar-refractivity contribution in [1.82, 2.24) is 0 Å². The summed E-state index contributed by atoms with van der Waals surface area (Å²) in [5.41, 5.74) is 0.135. The molecule has 0 aliphatic carbocycles. The molecule has 132 valence electrons. The second-order valence-electron chi connectivity index (χ2n) is 5.20. The SMILES string of the molecule is COc1cc(/C=C2\SC(=O)N(c3ccccc3)C2=O)cc([N+](=O)[O-])c1O. The molecule has 3 rings (SSSR count). The van der Waals surface area contributed by atoms with E-state index in [1.165, 1.54) is 19.3 Å². The molecule has 1 saturated heterocycles. The number of phenols is 1. The maximum Gasteiger partial charge on any atom is 0.315 e. The summed E-state index contributed by atoms with van der Waals surface area (Å²) in [6, 6.07) is 10.9. The molecule has 8 nitrogen and oxygen atoms in total. The molecule has 0 atom stereocenters. The van der Waals surface area contributed by atoms with E-state index in [0.717, 1.165) is 22.7 Å². The van der Waals surface area contributed by atoms with Crippen LogP contribution in [0.2, 0.25) is 0 Å². The molecule has 2 aromatic rings. The Kier molecular flexibility index (Phi) is 4.63. The van der Waals surface area contributed by atoms with E-state index in [1.54, 1.807) is 30.3 Å². The quantitative estimate of drug-likeness (QED) is 0.496. The molecule has 1 aliphatic rings. The summed E-state index contributed by atoms with van der Waals surface area (Å²) < 4.78 is 4.93. The number of hydrogen-bond donors (Lipinski definition) is 1. The molecule has 9 heteroatoms. The van der Waals surface area contributed by atoms with Crippen molar-refractivity contribution in [2.45, 2.75) is 0 Å². The molecule has 0 bridgehead atoms. The van der Waals surface area contributed by atoms with Gasteiger partial charge in [-0.25, -0.2) is 4.90 Å². The molecular formula is C17H12N2O6S. The van der Waals surface area contributed by atoms with Crippen molar-refractivity contribution in [3.8, 4) is 11.5 Å². The first kappa shape index (κ1) is 17.5. The Bertz CT molecular complexity index is 942. The number of phenolic OH excluding ortho intramolecular Hbond substituents is 1. The third-order valence-corrected chi connectivity index (χ3v) is 4.47. The summed E-state index contributed by atoms with van der Waals surface area (Å²) in [7, 11) is 1.26. The van der Waals surface area contributed by atoms with Crippen LogP contribution in [0.3, 0.4) is 0 Å². The van der Waals surface area contributed by atoms with Crippen LogP contribution in [0.1, 0.15) is 5.56 Å². The van der Waals surface area contributed by atoms with E-state index in [2.05, 4.69) is 0 Å². The van der Waals surface area contributed by atoms with Gasteiger partial charge in [0.05, 0.1) is 22.6 Å². The minimum absolute atomic E-state index is 0.104. The molecule has 0 saturated carbocycles. The number of ether oxygens (including phenoxy) is 1. The second-order valence-corrected chi connectivity index (χ2v) is 6.19. The predicted octanol–water partition coefficient (Wildman–Crippen LogP) is 3.55. The molecule has 1 fully saturated rings. The summed E-state index contributed by atoms with van der Waals surface area (Å²) in [5.74, 6) is -1.24. The zero-order chi connectivity index (χ0) is 18.8. The van der Waals surface area contributed by atoms with Crippen LogP contribution in [-0.4, -0.2) is 28.3 Å². The standard InChI is InChI=1S/C17H12N2O6S/c1-25-13-8-10(7-12(15(13)20)19(23)24)9-14-16(21)18(17(22)26-14)11-5-3-2-4-6-11/h2-9,20H,1H3/b14-9-. The lowest BCUT2D eigenvalue weighted by Crippen LogP contribution is -2.27. The van der Waals surface area contributed by atoms with Crippen LogP contribution in [-0.2, 0) is 4.79 Å². The molecule has 1 N–H and O–H groups in total. The molecule has 0 radical (unpaired) electrons. The molecule has 1 aliphatic heterocycles. The highest BCUT2D eigenvalue weighted by atomic mass is 32.2. The number of carbonyl (C=O) groups excluding carboxylic acids is 2. The highest BCUT2D eigenvalue weighted by Gasteiger charge is 2.36. The fourth-order valence-corrected chi connectivity index (χ4v) is 3.25. The number of nitro benzene ring substituents is 1. The van der Waals surface area contributed by atoms with Gasteiger partial charge in [-0.05, 0) is 41.6 Å². The Morgan fingerprint density at radius 1 is 1.23 bits per heavy atom. The van der Waals surface area contributed by atoms with Crippen molar-refractivity contribution in [3.05, 3.63) is 63.0 Å². The Labute approximate surface area is 151 Å². The molecule has 26 heavy (non-hydrogen) atoms. The van der Waals surface area contributed by atoms with Gasteiger partial charge < -0.3 is 9.84 Å². The molecule has 2 aromatic carbocycles. The van der Waals surface area contributed by atoms with Gasteiger partial charge in [0.15, 0.2) is 5.75 Å². The van der Waals surface area contributed by atoms with E-state index in [4.69, 9.17) is 4.74 Å². The van der Waals surface area contributed by atoms with Gasteiger partial charge in [0.25, 0.3) is 11.1 Å². The highest BCUT2D eigenvalue weighted by molar-refractivity contribution is 8.19. The van der Waals surface area contributed by atoms with Crippen LogP contribution in [0.25, 0.3) is 6.08 Å². The maximum absolute atomic E-state index is 12.6. The van der Waals surface area contributed by atoms with Crippen molar-refractivity contribution in [3.63, 3.8) is 0 Å². The molecular weight excluding hydrogens is 360 g/mol. The van der Waals surface area contributed by atoms with Crippen molar-refractivity contribution >= 4 is 40.4 Å². The number of nitro groups is 1. The number of hydrogen-bond acceptors (Lipinski definition) is 7. The first-order valence-electron chi connectivity index (χ1n) is 7.30. The van der Waals surface area contributed by atoms with Crippen LogP contribution in [0.15, 0.2) is 47.4 Å². The van der Waals surface area contributed by atoms with E-state index < -0.39 is 27.5 Å². The number of thioether (sulfide) groups is 1. The van der Waals surface area contributed by atoms with E-state index in [0.29, 0.717) is 5.69 Å². The summed E-state index contributed by atoms with van der Waals surface area (Å²) in [5, 5.41) is 20.4. The zero-order valence-corrected chi connectivity index (χ0v) is 14.2.